The number of hydrogen-bond donors (Lipinski definition) is 2. The topological polar surface area (TPSA) is 104 Å². The van der Waals surface area contributed by atoms with E-state index < -0.39 is 32.0 Å². The van der Waals surface area contributed by atoms with Crippen molar-refractivity contribution in [2.75, 3.05) is 17.8 Å². The zero-order valence-corrected chi connectivity index (χ0v) is 15.5. The molecule has 0 aliphatic carbocycles. The molecule has 1 aliphatic rings. The lowest BCUT2D eigenvalue weighted by atomic mass is 10.2. The molecule has 3 rings (SSSR count). The van der Waals surface area contributed by atoms with Crippen LogP contribution in [0.15, 0.2) is 52.3 Å². The Hall–Kier alpha value is -1.72. The Bertz CT molecular complexity index is 1050. The minimum Gasteiger partial charge on any atom is -0.390 e. The number of hydrogen-bond acceptors (Lipinski definition) is 5. The van der Waals surface area contributed by atoms with Gasteiger partial charge in [0.2, 0.25) is 10.0 Å². The van der Waals surface area contributed by atoms with Gasteiger partial charge in [0, 0.05) is 13.1 Å². The average molecular weight is 421 g/mol. The number of rotatable bonds is 5. The third kappa shape index (κ3) is 3.69. The molecule has 26 heavy (non-hydrogen) atoms. The minimum atomic E-state index is -4.11. The summed E-state index contributed by atoms with van der Waals surface area (Å²) < 4.78 is 66.3. The summed E-state index contributed by atoms with van der Waals surface area (Å²) in [7, 11) is -8.01. The highest BCUT2D eigenvalue weighted by atomic mass is 35.5. The standard InChI is InChI=1S/C15H14ClFN2O5S2/c16-14-6-10(4-5-15(14)17)18-25(21,22)12-2-1-3-13(7-12)26(23,24)19-8-11(20)9-19/h1-7,11,18,20H,8-9H2. The molecule has 0 bridgehead atoms. The molecule has 0 unspecified atom stereocenters. The second kappa shape index (κ2) is 6.78. The first-order chi connectivity index (χ1) is 12.1. The van der Waals surface area contributed by atoms with Gasteiger partial charge >= 0.3 is 0 Å². The van der Waals surface area contributed by atoms with E-state index in [0.29, 0.717) is 0 Å². The Labute approximate surface area is 155 Å². The normalized spacial score (nSPS) is 16.3. The van der Waals surface area contributed by atoms with E-state index in [2.05, 4.69) is 4.72 Å². The number of benzene rings is 2. The Morgan fingerprint density at radius 3 is 2.35 bits per heavy atom. The van der Waals surface area contributed by atoms with Crippen molar-refractivity contribution in [1.29, 1.82) is 0 Å². The lowest BCUT2D eigenvalue weighted by molar-refractivity contribution is 0.0548. The van der Waals surface area contributed by atoms with E-state index in [1.54, 1.807) is 0 Å². The van der Waals surface area contributed by atoms with Crippen molar-refractivity contribution < 1.29 is 26.3 Å². The van der Waals surface area contributed by atoms with Gasteiger partial charge in [0.1, 0.15) is 5.82 Å². The molecule has 1 saturated heterocycles. The maximum absolute atomic E-state index is 13.2. The van der Waals surface area contributed by atoms with Gasteiger partial charge in [-0.1, -0.05) is 17.7 Å². The first-order valence-electron chi connectivity index (χ1n) is 7.36. The van der Waals surface area contributed by atoms with Crippen molar-refractivity contribution in [3.05, 3.63) is 53.3 Å². The van der Waals surface area contributed by atoms with Crippen LogP contribution in [0.2, 0.25) is 5.02 Å². The number of sulfonamides is 2. The van der Waals surface area contributed by atoms with E-state index >= 15 is 0 Å². The van der Waals surface area contributed by atoms with Crippen LogP contribution in [0, 0.1) is 5.82 Å². The monoisotopic (exact) mass is 420 g/mol. The molecule has 0 radical (unpaired) electrons. The van der Waals surface area contributed by atoms with E-state index in [-0.39, 0.29) is 33.6 Å². The second-order valence-electron chi connectivity index (χ2n) is 5.69. The average Bonchev–Trinajstić information content (AvgIpc) is 2.55. The highest BCUT2D eigenvalue weighted by Crippen LogP contribution is 2.26. The molecule has 11 heteroatoms. The van der Waals surface area contributed by atoms with E-state index in [1.165, 1.54) is 24.3 Å². The smallest absolute Gasteiger partial charge is 0.261 e. The number of aliphatic hydroxyl groups excluding tert-OH is 1. The summed E-state index contributed by atoms with van der Waals surface area (Å²) in [5.41, 5.74) is 0.0375. The molecule has 2 aromatic carbocycles. The van der Waals surface area contributed by atoms with E-state index in [4.69, 9.17) is 11.6 Å². The van der Waals surface area contributed by atoms with Gasteiger partial charge in [-0.25, -0.2) is 21.2 Å². The highest BCUT2D eigenvalue weighted by Gasteiger charge is 2.36. The van der Waals surface area contributed by atoms with Crippen LogP contribution in [-0.2, 0) is 20.0 Å². The minimum absolute atomic E-state index is 0.0361. The van der Waals surface area contributed by atoms with Crippen LogP contribution in [0.4, 0.5) is 10.1 Å². The zero-order chi connectivity index (χ0) is 19.1. The summed E-state index contributed by atoms with van der Waals surface area (Å²) in [6, 6.07) is 8.14. The van der Waals surface area contributed by atoms with Gasteiger partial charge in [-0.05, 0) is 36.4 Å². The molecule has 1 fully saturated rings. The van der Waals surface area contributed by atoms with Gasteiger partial charge in [0.15, 0.2) is 0 Å². The van der Waals surface area contributed by atoms with Gasteiger partial charge < -0.3 is 5.11 Å². The molecular weight excluding hydrogens is 407 g/mol. The number of halogens is 2. The summed E-state index contributed by atoms with van der Waals surface area (Å²) in [5, 5.41) is 9.02. The molecule has 2 aromatic rings. The van der Waals surface area contributed by atoms with Gasteiger partial charge in [0.05, 0.1) is 26.6 Å². The Balaban J connectivity index is 1.90. The van der Waals surface area contributed by atoms with E-state index in [1.807, 2.05) is 0 Å². The van der Waals surface area contributed by atoms with Gasteiger partial charge in [0.25, 0.3) is 10.0 Å². The molecule has 0 atom stereocenters. The zero-order valence-electron chi connectivity index (χ0n) is 13.1. The number of nitrogens with one attached hydrogen (secondary N) is 1. The molecule has 1 heterocycles. The predicted molar refractivity (Wildman–Crippen MR) is 93.4 cm³/mol. The third-order valence-corrected chi connectivity index (χ3v) is 7.25. The molecule has 2 N–H and O–H groups in total. The summed E-state index contributed by atoms with van der Waals surface area (Å²) in [6.07, 6.45) is -0.721. The number of aliphatic hydroxyl groups is 1. The van der Waals surface area contributed by atoms with Crippen molar-refractivity contribution >= 4 is 37.3 Å². The lowest BCUT2D eigenvalue weighted by Crippen LogP contribution is -2.53. The Morgan fingerprint density at radius 1 is 1.08 bits per heavy atom. The molecule has 7 nitrogen and oxygen atoms in total. The van der Waals surface area contributed by atoms with Gasteiger partial charge in [-0.3, -0.25) is 4.72 Å². The third-order valence-electron chi connectivity index (χ3n) is 3.75. The van der Waals surface area contributed by atoms with E-state index in [0.717, 1.165) is 22.5 Å². The SMILES string of the molecule is O=S(=O)(Nc1ccc(F)c(Cl)c1)c1cccc(S(=O)(=O)N2CC(O)C2)c1. The highest BCUT2D eigenvalue weighted by molar-refractivity contribution is 7.93. The fourth-order valence-electron chi connectivity index (χ4n) is 2.34. The molecule has 0 spiro atoms. The summed E-state index contributed by atoms with van der Waals surface area (Å²) in [5.74, 6) is -0.695. The predicted octanol–water partition coefficient (Wildman–Crippen LogP) is 1.65. The van der Waals surface area contributed by atoms with Crippen LogP contribution in [0.3, 0.4) is 0 Å². The maximum atomic E-state index is 13.2. The first kappa shape index (κ1) is 19.1. The van der Waals surface area contributed by atoms with Gasteiger partial charge in [-0.2, -0.15) is 4.31 Å². The molecule has 0 aromatic heterocycles. The van der Waals surface area contributed by atoms with Crippen LogP contribution in [0.25, 0.3) is 0 Å². The number of nitrogens with zero attached hydrogens (tertiary/aromatic N) is 1. The molecule has 1 aliphatic heterocycles. The molecule has 140 valence electrons. The molecule has 0 saturated carbocycles. The van der Waals surface area contributed by atoms with Crippen LogP contribution >= 0.6 is 11.6 Å². The van der Waals surface area contributed by atoms with Crippen molar-refractivity contribution in [2.24, 2.45) is 0 Å². The summed E-state index contributed by atoms with van der Waals surface area (Å²) >= 11 is 5.63. The maximum Gasteiger partial charge on any atom is 0.261 e. The van der Waals surface area contributed by atoms with Crippen molar-refractivity contribution in [2.45, 2.75) is 15.9 Å². The first-order valence-corrected chi connectivity index (χ1v) is 10.7. The molecular formula is C15H14ClFN2O5S2. The number of anilines is 1. The van der Waals surface area contributed by atoms with Crippen LogP contribution in [0.5, 0.6) is 0 Å². The van der Waals surface area contributed by atoms with Crippen molar-refractivity contribution in [1.82, 2.24) is 4.31 Å². The quantitative estimate of drug-likeness (QED) is 0.765. The van der Waals surface area contributed by atoms with Gasteiger partial charge in [-0.15, -0.1) is 0 Å². The largest absolute Gasteiger partial charge is 0.390 e. The van der Waals surface area contributed by atoms with Crippen LogP contribution in [-0.4, -0.2) is 45.4 Å². The van der Waals surface area contributed by atoms with E-state index in [9.17, 15) is 26.3 Å². The number of β-amino-alcohol motifs (C(OH)–C–C–N with tert-alkyl or cyclic N) is 1. The van der Waals surface area contributed by atoms with Crippen molar-refractivity contribution in [3.8, 4) is 0 Å². The fraction of sp³-hybridized carbons (Fsp3) is 0.200. The second-order valence-corrected chi connectivity index (χ2v) is 9.71. The van der Waals surface area contributed by atoms with Crippen LogP contribution < -0.4 is 4.72 Å². The van der Waals surface area contributed by atoms with Crippen molar-refractivity contribution in [3.63, 3.8) is 0 Å². The Morgan fingerprint density at radius 2 is 1.73 bits per heavy atom. The summed E-state index contributed by atoms with van der Waals surface area (Å²) in [4.78, 5) is -0.482. The Kier molecular flexibility index (Phi) is 4.97. The fourth-order valence-corrected chi connectivity index (χ4v) is 5.25. The lowest BCUT2D eigenvalue weighted by Gasteiger charge is -2.34. The van der Waals surface area contributed by atoms with Crippen LogP contribution in [0.1, 0.15) is 0 Å². The molecule has 0 amide bonds. The summed E-state index contributed by atoms with van der Waals surface area (Å²) in [6.45, 7) is -0.0721.